The van der Waals surface area contributed by atoms with Gasteiger partial charge in [0.1, 0.15) is 22.8 Å². The smallest absolute Gasteiger partial charge is 0.290 e. The molecule has 2 aromatic heterocycles. The first-order valence-electron chi connectivity index (χ1n) is 10.7. The number of para-hydroxylation sites is 1. The van der Waals surface area contributed by atoms with Crippen LogP contribution in [-0.2, 0) is 13.2 Å². The lowest BCUT2D eigenvalue weighted by atomic mass is 10.1. The zero-order valence-corrected chi connectivity index (χ0v) is 20.0. The van der Waals surface area contributed by atoms with Gasteiger partial charge in [-0.25, -0.2) is 0 Å². The number of aromatic nitrogens is 2. The predicted molar refractivity (Wildman–Crippen MR) is 137 cm³/mol. The van der Waals surface area contributed by atoms with Crippen molar-refractivity contribution >= 4 is 33.2 Å². The van der Waals surface area contributed by atoms with Crippen molar-refractivity contribution in [3.8, 4) is 21.9 Å². The first-order chi connectivity index (χ1) is 16.6. The third kappa shape index (κ3) is 4.69. The van der Waals surface area contributed by atoms with Crippen LogP contribution in [-0.4, -0.2) is 16.7 Å². The minimum Gasteiger partial charge on any atom is -0.496 e. The fraction of sp³-hybridized carbons (Fsp3) is 0.111. The Labute approximate surface area is 205 Å². The molecule has 0 aliphatic carbocycles. The molecule has 5 nitrogen and oxygen atoms in total. The number of rotatable bonds is 7. The van der Waals surface area contributed by atoms with Crippen LogP contribution >= 0.6 is 22.9 Å². The van der Waals surface area contributed by atoms with Gasteiger partial charge in [-0.1, -0.05) is 41.9 Å². The Morgan fingerprint density at radius 2 is 1.76 bits per heavy atom. The summed E-state index contributed by atoms with van der Waals surface area (Å²) in [5.41, 5.74) is 3.74. The van der Waals surface area contributed by atoms with Gasteiger partial charge in [-0.05, 0) is 59.7 Å². The summed E-state index contributed by atoms with van der Waals surface area (Å²) in [7, 11) is 1.65. The third-order valence-corrected chi connectivity index (χ3v) is 6.94. The second-order valence-corrected chi connectivity index (χ2v) is 9.24. The Hall–Kier alpha value is -3.61. The Morgan fingerprint density at radius 1 is 1.00 bits per heavy atom. The van der Waals surface area contributed by atoms with E-state index in [9.17, 15) is 4.79 Å². The standard InChI is InChI=1S/C27H21ClN2O3S/c1-32-24-5-3-2-4-20(24)16-33-22-12-8-19(9-13-22)25-14-23-26(34-25)27(31)29-17-30(23)15-18-6-10-21(28)11-7-18/h2-14,17H,15-16H2,1H3. The average Bonchev–Trinajstić information content (AvgIpc) is 3.33. The molecule has 0 atom stereocenters. The Bertz CT molecular complexity index is 1490. The highest BCUT2D eigenvalue weighted by Gasteiger charge is 2.12. The maximum Gasteiger partial charge on any atom is 0.290 e. The monoisotopic (exact) mass is 488 g/mol. The second kappa shape index (κ2) is 9.71. The van der Waals surface area contributed by atoms with Gasteiger partial charge in [0.15, 0.2) is 0 Å². The molecule has 2 heterocycles. The number of hydrogen-bond acceptors (Lipinski definition) is 5. The van der Waals surface area contributed by atoms with E-state index >= 15 is 0 Å². The number of fused-ring (bicyclic) bond motifs is 1. The first kappa shape index (κ1) is 22.2. The van der Waals surface area contributed by atoms with E-state index in [0.717, 1.165) is 38.6 Å². The Balaban J connectivity index is 1.38. The summed E-state index contributed by atoms with van der Waals surface area (Å²) in [5, 5.41) is 0.695. The number of methoxy groups -OCH3 is 1. The molecule has 7 heteroatoms. The van der Waals surface area contributed by atoms with Crippen LogP contribution in [0.5, 0.6) is 11.5 Å². The molecule has 5 rings (SSSR count). The summed E-state index contributed by atoms with van der Waals surface area (Å²) < 4.78 is 14.0. The zero-order valence-electron chi connectivity index (χ0n) is 18.4. The molecule has 0 aliphatic heterocycles. The zero-order chi connectivity index (χ0) is 23.5. The van der Waals surface area contributed by atoms with Crippen molar-refractivity contribution in [3.05, 3.63) is 112 Å². The van der Waals surface area contributed by atoms with Crippen LogP contribution in [0.25, 0.3) is 20.7 Å². The summed E-state index contributed by atoms with van der Waals surface area (Å²) in [5.74, 6) is 1.57. The summed E-state index contributed by atoms with van der Waals surface area (Å²) in [4.78, 5) is 17.5. The molecule has 0 radical (unpaired) electrons. The van der Waals surface area contributed by atoms with E-state index in [2.05, 4.69) is 4.98 Å². The van der Waals surface area contributed by atoms with Crippen LogP contribution in [0, 0.1) is 0 Å². The van der Waals surface area contributed by atoms with Gasteiger partial charge in [0, 0.05) is 22.0 Å². The van der Waals surface area contributed by atoms with Crippen molar-refractivity contribution in [2.24, 2.45) is 0 Å². The van der Waals surface area contributed by atoms with E-state index in [0.29, 0.717) is 22.9 Å². The maximum absolute atomic E-state index is 12.4. The number of hydrogen-bond donors (Lipinski definition) is 0. The van der Waals surface area contributed by atoms with Crippen molar-refractivity contribution in [2.75, 3.05) is 7.11 Å². The van der Waals surface area contributed by atoms with E-state index in [1.807, 2.05) is 83.4 Å². The van der Waals surface area contributed by atoms with Crippen molar-refractivity contribution in [1.82, 2.24) is 9.55 Å². The lowest BCUT2D eigenvalue weighted by molar-refractivity contribution is 0.296. The molecular formula is C27H21ClN2O3S. The minimum atomic E-state index is -0.213. The molecule has 0 aliphatic rings. The second-order valence-electron chi connectivity index (χ2n) is 7.75. The SMILES string of the molecule is COc1ccccc1COc1ccc(-c2cc3c(s2)c(=O)ncn3Cc2ccc(Cl)cc2)cc1. The van der Waals surface area contributed by atoms with Gasteiger partial charge in [0.05, 0.1) is 19.0 Å². The predicted octanol–water partition coefficient (Wildman–Crippen LogP) is 6.41. The molecule has 0 amide bonds. The Morgan fingerprint density at radius 3 is 2.53 bits per heavy atom. The molecule has 5 aromatic rings. The molecular weight excluding hydrogens is 468 g/mol. The minimum absolute atomic E-state index is 0.213. The molecule has 0 N–H and O–H groups in total. The largest absolute Gasteiger partial charge is 0.496 e. The van der Waals surface area contributed by atoms with E-state index in [4.69, 9.17) is 21.1 Å². The van der Waals surface area contributed by atoms with Crippen LogP contribution in [0.15, 0.2) is 90.0 Å². The highest BCUT2D eigenvalue weighted by molar-refractivity contribution is 7.22. The van der Waals surface area contributed by atoms with Gasteiger partial charge >= 0.3 is 0 Å². The molecule has 0 spiro atoms. The summed E-state index contributed by atoms with van der Waals surface area (Å²) in [6.07, 6.45) is 1.60. The number of benzene rings is 3. The number of thiophene rings is 1. The van der Waals surface area contributed by atoms with Crippen LogP contribution < -0.4 is 15.0 Å². The van der Waals surface area contributed by atoms with E-state index in [1.54, 1.807) is 13.4 Å². The molecule has 0 saturated heterocycles. The van der Waals surface area contributed by atoms with Crippen molar-refractivity contribution in [3.63, 3.8) is 0 Å². The van der Waals surface area contributed by atoms with Crippen LogP contribution in [0.3, 0.4) is 0 Å². The topological polar surface area (TPSA) is 53.4 Å². The van der Waals surface area contributed by atoms with Crippen molar-refractivity contribution in [2.45, 2.75) is 13.2 Å². The van der Waals surface area contributed by atoms with Crippen molar-refractivity contribution < 1.29 is 9.47 Å². The highest BCUT2D eigenvalue weighted by atomic mass is 35.5. The number of nitrogens with zero attached hydrogens (tertiary/aromatic N) is 2. The summed E-state index contributed by atoms with van der Waals surface area (Å²) >= 11 is 7.45. The maximum atomic E-state index is 12.4. The number of halogens is 1. The molecule has 0 unspecified atom stereocenters. The lowest BCUT2D eigenvalue weighted by Gasteiger charge is -2.10. The van der Waals surface area contributed by atoms with E-state index in [-0.39, 0.29) is 5.56 Å². The fourth-order valence-electron chi connectivity index (χ4n) is 3.74. The molecule has 0 saturated carbocycles. The molecule has 34 heavy (non-hydrogen) atoms. The molecule has 170 valence electrons. The number of ether oxygens (including phenoxy) is 2. The van der Waals surface area contributed by atoms with Crippen LogP contribution in [0.1, 0.15) is 11.1 Å². The normalized spacial score (nSPS) is 11.0. The summed E-state index contributed by atoms with van der Waals surface area (Å²) in [6, 6.07) is 25.4. The van der Waals surface area contributed by atoms with Gasteiger partial charge < -0.3 is 14.0 Å². The molecule has 0 fully saturated rings. The van der Waals surface area contributed by atoms with Crippen LogP contribution in [0.4, 0.5) is 0 Å². The summed E-state index contributed by atoms with van der Waals surface area (Å²) in [6.45, 7) is 1.02. The van der Waals surface area contributed by atoms with Gasteiger partial charge in [0.25, 0.3) is 5.56 Å². The Kier molecular flexibility index (Phi) is 6.34. The van der Waals surface area contributed by atoms with E-state index in [1.165, 1.54) is 11.3 Å². The fourth-order valence-corrected chi connectivity index (χ4v) is 4.94. The van der Waals surface area contributed by atoms with E-state index < -0.39 is 0 Å². The quantitative estimate of drug-likeness (QED) is 0.265. The van der Waals surface area contributed by atoms with Gasteiger partial charge in [-0.15, -0.1) is 11.3 Å². The average molecular weight is 489 g/mol. The van der Waals surface area contributed by atoms with Crippen molar-refractivity contribution in [1.29, 1.82) is 0 Å². The molecule has 0 bridgehead atoms. The molecule has 3 aromatic carbocycles. The third-order valence-electron chi connectivity index (χ3n) is 5.52. The first-order valence-corrected chi connectivity index (χ1v) is 11.9. The highest BCUT2D eigenvalue weighted by Crippen LogP contribution is 2.33. The van der Waals surface area contributed by atoms with Crippen LogP contribution in [0.2, 0.25) is 5.02 Å². The van der Waals surface area contributed by atoms with Gasteiger partial charge in [-0.2, -0.15) is 4.98 Å². The lowest BCUT2D eigenvalue weighted by Crippen LogP contribution is -2.11. The van der Waals surface area contributed by atoms with Gasteiger partial charge in [0.2, 0.25) is 0 Å². The van der Waals surface area contributed by atoms with Gasteiger partial charge in [-0.3, -0.25) is 4.79 Å².